The molecule has 2 amide bonds. The third kappa shape index (κ3) is 9.61. The summed E-state index contributed by atoms with van der Waals surface area (Å²) in [5.74, 6) is -1.24. The van der Waals surface area contributed by atoms with E-state index in [2.05, 4.69) is 5.32 Å². The van der Waals surface area contributed by atoms with Gasteiger partial charge in [-0.05, 0) is 41.3 Å². The Labute approximate surface area is 259 Å². The van der Waals surface area contributed by atoms with E-state index >= 15 is 0 Å². The molecule has 0 aliphatic carbocycles. The predicted molar refractivity (Wildman–Crippen MR) is 162 cm³/mol. The summed E-state index contributed by atoms with van der Waals surface area (Å²) in [6, 6.07) is 16.7. The molecule has 0 heterocycles. The summed E-state index contributed by atoms with van der Waals surface area (Å²) >= 11 is 12.6. The number of anilines is 1. The van der Waals surface area contributed by atoms with Gasteiger partial charge in [0.2, 0.25) is 21.8 Å². The highest BCUT2D eigenvalue weighted by atomic mass is 35.5. The molecule has 43 heavy (non-hydrogen) atoms. The summed E-state index contributed by atoms with van der Waals surface area (Å²) in [6.07, 6.45) is -3.96. The second-order valence-corrected chi connectivity index (χ2v) is 13.1. The van der Waals surface area contributed by atoms with Crippen LogP contribution in [0, 0.1) is 5.92 Å². The molecule has 0 spiro atoms. The zero-order chi connectivity index (χ0) is 31.9. The molecule has 3 rings (SSSR count). The number of nitrogens with one attached hydrogen (secondary N) is 1. The standard InChI is InChI=1S/C30H32Cl2F3N3O4S/c1-20(2)17-36-29(40)27(15-21-9-5-4-6-10-21)37(18-22-11-7-8-12-24(22)31)28(39)19-38(43(3,41)42)26-16-23(30(33,34)35)13-14-25(26)32/h4-14,16,20,27H,15,17-19H2,1-3H3,(H,36,40). The Balaban J connectivity index is 2.12. The smallest absolute Gasteiger partial charge is 0.354 e. The fourth-order valence-corrected chi connectivity index (χ4v) is 5.58. The van der Waals surface area contributed by atoms with Gasteiger partial charge in [0, 0.05) is 24.5 Å². The lowest BCUT2D eigenvalue weighted by molar-refractivity contribution is -0.140. The lowest BCUT2D eigenvalue weighted by Gasteiger charge is -2.34. The maximum Gasteiger partial charge on any atom is 0.416 e. The van der Waals surface area contributed by atoms with Crippen molar-refractivity contribution in [1.82, 2.24) is 10.2 Å². The topological polar surface area (TPSA) is 86.8 Å². The van der Waals surface area contributed by atoms with Gasteiger partial charge in [-0.15, -0.1) is 0 Å². The molecular weight excluding hydrogens is 626 g/mol. The first-order chi connectivity index (χ1) is 20.1. The maximum atomic E-state index is 14.1. The van der Waals surface area contributed by atoms with Crippen LogP contribution in [0.3, 0.4) is 0 Å². The summed E-state index contributed by atoms with van der Waals surface area (Å²) in [7, 11) is -4.33. The summed E-state index contributed by atoms with van der Waals surface area (Å²) in [6.45, 7) is 3.02. The summed E-state index contributed by atoms with van der Waals surface area (Å²) in [5, 5.41) is 2.84. The third-order valence-corrected chi connectivity index (χ3v) is 8.29. The van der Waals surface area contributed by atoms with E-state index in [1.54, 1.807) is 54.6 Å². The number of hydrogen-bond acceptors (Lipinski definition) is 4. The molecule has 7 nitrogen and oxygen atoms in total. The van der Waals surface area contributed by atoms with E-state index in [4.69, 9.17) is 23.2 Å². The van der Waals surface area contributed by atoms with E-state index in [-0.39, 0.29) is 23.9 Å². The molecule has 232 valence electrons. The number of hydrogen-bond donors (Lipinski definition) is 1. The van der Waals surface area contributed by atoms with Crippen molar-refractivity contribution in [3.8, 4) is 0 Å². The van der Waals surface area contributed by atoms with E-state index in [9.17, 15) is 31.2 Å². The van der Waals surface area contributed by atoms with Gasteiger partial charge in [0.1, 0.15) is 12.6 Å². The molecule has 0 fully saturated rings. The zero-order valence-corrected chi connectivity index (χ0v) is 26.1. The molecule has 0 aliphatic rings. The van der Waals surface area contributed by atoms with E-state index < -0.39 is 51.9 Å². The molecular formula is C30H32Cl2F3N3O4S. The summed E-state index contributed by atoms with van der Waals surface area (Å²) < 4.78 is 66.9. The van der Waals surface area contributed by atoms with Gasteiger partial charge in [-0.2, -0.15) is 13.2 Å². The second-order valence-electron chi connectivity index (χ2n) is 10.4. The largest absolute Gasteiger partial charge is 0.416 e. The van der Waals surface area contributed by atoms with Crippen LogP contribution in [0.1, 0.15) is 30.5 Å². The Bertz CT molecular complexity index is 1540. The molecule has 3 aromatic carbocycles. The molecule has 0 radical (unpaired) electrons. The lowest BCUT2D eigenvalue weighted by Crippen LogP contribution is -2.53. The summed E-state index contributed by atoms with van der Waals surface area (Å²) in [5.41, 5.74) is -0.454. The predicted octanol–water partition coefficient (Wildman–Crippen LogP) is 6.19. The van der Waals surface area contributed by atoms with Gasteiger partial charge in [-0.1, -0.05) is 85.6 Å². The summed E-state index contributed by atoms with van der Waals surface area (Å²) in [4.78, 5) is 28.9. The second kappa shape index (κ2) is 14.5. The molecule has 0 bridgehead atoms. The van der Waals surface area contributed by atoms with Crippen LogP contribution in [-0.2, 0) is 38.8 Å². The number of halogens is 5. The first-order valence-electron chi connectivity index (χ1n) is 13.3. The number of amides is 2. The minimum atomic E-state index is -4.79. The van der Waals surface area contributed by atoms with Crippen LogP contribution in [0.25, 0.3) is 0 Å². The number of rotatable bonds is 12. The van der Waals surface area contributed by atoms with Crippen molar-refractivity contribution in [3.63, 3.8) is 0 Å². The number of carbonyl (C=O) groups excluding carboxylic acids is 2. The first kappa shape index (κ1) is 34.2. The molecule has 0 aliphatic heterocycles. The molecule has 1 unspecified atom stereocenters. The molecule has 13 heteroatoms. The number of alkyl halides is 3. The van der Waals surface area contributed by atoms with Crippen molar-refractivity contribution in [3.05, 3.63) is 99.5 Å². The van der Waals surface area contributed by atoms with Crippen LogP contribution >= 0.6 is 23.2 Å². The van der Waals surface area contributed by atoms with E-state index in [0.29, 0.717) is 33.6 Å². The fourth-order valence-electron chi connectivity index (χ4n) is 4.26. The van der Waals surface area contributed by atoms with Gasteiger partial charge in [0.15, 0.2) is 0 Å². The number of sulfonamides is 1. The monoisotopic (exact) mass is 657 g/mol. The zero-order valence-electron chi connectivity index (χ0n) is 23.7. The van der Waals surface area contributed by atoms with Crippen molar-refractivity contribution in [2.24, 2.45) is 5.92 Å². The molecule has 0 saturated carbocycles. The first-order valence-corrected chi connectivity index (χ1v) is 15.9. The van der Waals surface area contributed by atoms with E-state index in [1.165, 1.54) is 4.90 Å². The van der Waals surface area contributed by atoms with Gasteiger partial charge in [0.05, 0.1) is 22.5 Å². The Morgan fingerprint density at radius 2 is 1.56 bits per heavy atom. The highest BCUT2D eigenvalue weighted by Crippen LogP contribution is 2.36. The molecule has 1 atom stereocenters. The van der Waals surface area contributed by atoms with Crippen molar-refractivity contribution in [2.75, 3.05) is 23.7 Å². The molecule has 1 N–H and O–H groups in total. The molecule has 3 aromatic rings. The van der Waals surface area contributed by atoms with Gasteiger partial charge in [-0.3, -0.25) is 13.9 Å². The normalized spacial score (nSPS) is 12.6. The highest BCUT2D eigenvalue weighted by Gasteiger charge is 2.36. The number of benzene rings is 3. The van der Waals surface area contributed by atoms with Gasteiger partial charge >= 0.3 is 6.18 Å². The average molecular weight is 659 g/mol. The van der Waals surface area contributed by atoms with Crippen LogP contribution < -0.4 is 9.62 Å². The number of nitrogens with zero attached hydrogens (tertiary/aromatic N) is 2. The fraction of sp³-hybridized carbons (Fsp3) is 0.333. The minimum Gasteiger partial charge on any atom is -0.354 e. The Morgan fingerprint density at radius 1 is 0.930 bits per heavy atom. The van der Waals surface area contributed by atoms with E-state index in [0.717, 1.165) is 17.9 Å². The van der Waals surface area contributed by atoms with Crippen LogP contribution in [0.4, 0.5) is 18.9 Å². The minimum absolute atomic E-state index is 0.0736. The quantitative estimate of drug-likeness (QED) is 0.252. The average Bonchev–Trinajstić information content (AvgIpc) is 2.93. The molecule has 0 aromatic heterocycles. The molecule has 0 saturated heterocycles. The van der Waals surface area contributed by atoms with Crippen molar-refractivity contribution in [2.45, 2.75) is 39.0 Å². The van der Waals surface area contributed by atoms with Crippen molar-refractivity contribution >= 4 is 50.7 Å². The van der Waals surface area contributed by atoms with Crippen molar-refractivity contribution in [1.29, 1.82) is 0 Å². The van der Waals surface area contributed by atoms with Gasteiger partial charge in [-0.25, -0.2) is 8.42 Å². The lowest BCUT2D eigenvalue weighted by atomic mass is 10.0. The Kier molecular flexibility index (Phi) is 11.5. The van der Waals surface area contributed by atoms with E-state index in [1.807, 2.05) is 13.8 Å². The Hall–Kier alpha value is -3.28. The van der Waals surface area contributed by atoms with Crippen LogP contribution in [0.5, 0.6) is 0 Å². The van der Waals surface area contributed by atoms with Gasteiger partial charge < -0.3 is 10.2 Å². The number of carbonyl (C=O) groups is 2. The van der Waals surface area contributed by atoms with Crippen molar-refractivity contribution < 1.29 is 31.2 Å². The third-order valence-electron chi connectivity index (χ3n) is 6.48. The van der Waals surface area contributed by atoms with Crippen LogP contribution in [0.2, 0.25) is 10.0 Å². The van der Waals surface area contributed by atoms with Gasteiger partial charge in [0.25, 0.3) is 0 Å². The van der Waals surface area contributed by atoms with Crippen LogP contribution in [-0.4, -0.2) is 50.5 Å². The Morgan fingerprint density at radius 3 is 2.14 bits per heavy atom. The highest BCUT2D eigenvalue weighted by molar-refractivity contribution is 7.92. The SMILES string of the molecule is CC(C)CNC(=O)C(Cc1ccccc1)N(Cc1ccccc1Cl)C(=O)CN(c1cc(C(F)(F)F)ccc1Cl)S(C)(=O)=O. The maximum absolute atomic E-state index is 14.1. The van der Waals surface area contributed by atoms with Crippen LogP contribution in [0.15, 0.2) is 72.8 Å².